The standard InChI is InChI=1S/C23H17FN4O2S/c24-18-9-3-1-6-15(18)14-31-23-26-22(29)21-17-8-2-4-10-19(17)25-20(28(21)27-23)12-11-16-7-5-13-30-16/h1-13,20H,14H2,(H,26,27,29)/b12-11+/t20-/m0/s1. The van der Waals surface area contributed by atoms with Crippen LogP contribution in [0.5, 0.6) is 0 Å². The summed E-state index contributed by atoms with van der Waals surface area (Å²) in [7, 11) is 0. The first-order valence-electron chi connectivity index (χ1n) is 9.63. The molecule has 31 heavy (non-hydrogen) atoms. The van der Waals surface area contributed by atoms with Gasteiger partial charge in [0.15, 0.2) is 11.3 Å². The Morgan fingerprint density at radius 3 is 2.81 bits per heavy atom. The summed E-state index contributed by atoms with van der Waals surface area (Å²) in [4.78, 5) is 17.8. The summed E-state index contributed by atoms with van der Waals surface area (Å²) < 4.78 is 19.3. The zero-order valence-electron chi connectivity index (χ0n) is 16.2. The van der Waals surface area contributed by atoms with E-state index in [1.807, 2.05) is 36.4 Å². The van der Waals surface area contributed by atoms with Crippen molar-refractivity contribution in [1.82, 2.24) is 10.3 Å². The SMILES string of the molecule is O=C1NC(SCc2ccccc2F)=NN2C1=c1ccccc1=N[C@@H]2/C=C/c1ccco1. The maximum absolute atomic E-state index is 14.0. The van der Waals surface area contributed by atoms with Crippen molar-refractivity contribution in [1.29, 1.82) is 0 Å². The Hall–Kier alpha value is -3.65. The Bertz CT molecular complexity index is 1320. The Morgan fingerprint density at radius 1 is 1.13 bits per heavy atom. The van der Waals surface area contributed by atoms with Crippen LogP contribution >= 0.6 is 11.8 Å². The lowest BCUT2D eigenvalue weighted by Crippen LogP contribution is -2.52. The summed E-state index contributed by atoms with van der Waals surface area (Å²) in [6.45, 7) is 0. The Morgan fingerprint density at radius 2 is 1.97 bits per heavy atom. The molecule has 154 valence electrons. The van der Waals surface area contributed by atoms with Gasteiger partial charge in [0.1, 0.15) is 17.3 Å². The summed E-state index contributed by atoms with van der Waals surface area (Å²) in [5, 5.41) is 10.9. The summed E-state index contributed by atoms with van der Waals surface area (Å²) in [6, 6.07) is 17.6. The summed E-state index contributed by atoms with van der Waals surface area (Å²) in [5.74, 6) is 0.460. The molecule has 1 aromatic heterocycles. The quantitative estimate of drug-likeness (QED) is 0.688. The second kappa shape index (κ2) is 8.23. The molecule has 6 nitrogen and oxygen atoms in total. The number of fused-ring (bicyclic) bond motifs is 2. The third-order valence-corrected chi connectivity index (χ3v) is 5.75. The molecule has 0 bridgehead atoms. The number of hydrogen-bond donors (Lipinski definition) is 1. The van der Waals surface area contributed by atoms with Crippen molar-refractivity contribution >= 4 is 34.6 Å². The Kier molecular flexibility index (Phi) is 5.13. The third kappa shape index (κ3) is 3.89. The molecule has 0 aliphatic carbocycles. The van der Waals surface area contributed by atoms with Crippen LogP contribution < -0.4 is 15.9 Å². The zero-order valence-corrected chi connectivity index (χ0v) is 17.1. The van der Waals surface area contributed by atoms with E-state index in [4.69, 9.17) is 9.41 Å². The van der Waals surface area contributed by atoms with Crippen molar-refractivity contribution in [2.75, 3.05) is 0 Å². The number of carbonyl (C=O) groups is 1. The van der Waals surface area contributed by atoms with Gasteiger partial charge in [0, 0.05) is 11.0 Å². The highest BCUT2D eigenvalue weighted by molar-refractivity contribution is 8.13. The van der Waals surface area contributed by atoms with Gasteiger partial charge in [0.25, 0.3) is 5.91 Å². The number of rotatable bonds is 4. The maximum atomic E-state index is 14.0. The van der Waals surface area contributed by atoms with E-state index in [0.717, 1.165) is 5.36 Å². The molecule has 2 aliphatic rings. The summed E-state index contributed by atoms with van der Waals surface area (Å²) >= 11 is 1.26. The van der Waals surface area contributed by atoms with Gasteiger partial charge in [-0.2, -0.15) is 0 Å². The minimum atomic E-state index is -0.523. The fraction of sp³-hybridized carbons (Fsp3) is 0.0870. The first kappa shape index (κ1) is 19.3. The van der Waals surface area contributed by atoms with Gasteiger partial charge in [-0.3, -0.25) is 15.1 Å². The van der Waals surface area contributed by atoms with Crippen molar-refractivity contribution < 1.29 is 13.6 Å². The molecule has 8 heteroatoms. The lowest BCUT2D eigenvalue weighted by molar-refractivity contribution is -0.116. The van der Waals surface area contributed by atoms with Gasteiger partial charge >= 0.3 is 0 Å². The number of benzene rings is 2. The van der Waals surface area contributed by atoms with Crippen molar-refractivity contribution in [2.24, 2.45) is 10.1 Å². The molecule has 1 amide bonds. The molecule has 2 aliphatic heterocycles. The van der Waals surface area contributed by atoms with E-state index in [9.17, 15) is 9.18 Å². The number of halogens is 1. The van der Waals surface area contributed by atoms with Crippen LogP contribution in [0.3, 0.4) is 0 Å². The number of para-hydroxylation sites is 1. The smallest absolute Gasteiger partial charge is 0.276 e. The molecule has 0 saturated carbocycles. The van der Waals surface area contributed by atoms with Crippen LogP contribution in [-0.4, -0.2) is 22.2 Å². The van der Waals surface area contributed by atoms with Crippen LogP contribution in [0.4, 0.5) is 4.39 Å². The van der Waals surface area contributed by atoms with Crippen LogP contribution in [-0.2, 0) is 10.5 Å². The van der Waals surface area contributed by atoms with Crippen LogP contribution in [0.1, 0.15) is 11.3 Å². The van der Waals surface area contributed by atoms with E-state index < -0.39 is 6.17 Å². The molecular weight excluding hydrogens is 415 g/mol. The number of amides is 1. The van der Waals surface area contributed by atoms with Gasteiger partial charge in [-0.25, -0.2) is 9.40 Å². The molecule has 1 atom stereocenters. The topological polar surface area (TPSA) is 70.2 Å². The second-order valence-electron chi connectivity index (χ2n) is 6.87. The highest BCUT2D eigenvalue weighted by Crippen LogP contribution is 2.24. The summed E-state index contributed by atoms with van der Waals surface area (Å²) in [5.41, 5.74) is 0.970. The van der Waals surface area contributed by atoms with Crippen molar-refractivity contribution in [3.05, 3.63) is 101 Å². The molecule has 0 radical (unpaired) electrons. The summed E-state index contributed by atoms with van der Waals surface area (Å²) in [6.07, 6.45) is 4.70. The Balaban J connectivity index is 1.51. The maximum Gasteiger partial charge on any atom is 0.276 e. The van der Waals surface area contributed by atoms with Crippen molar-refractivity contribution in [3.63, 3.8) is 0 Å². The van der Waals surface area contributed by atoms with E-state index in [-0.39, 0.29) is 11.7 Å². The highest BCUT2D eigenvalue weighted by atomic mass is 32.2. The molecule has 3 aromatic rings. The van der Waals surface area contributed by atoms with E-state index in [1.54, 1.807) is 41.6 Å². The van der Waals surface area contributed by atoms with E-state index in [0.29, 0.717) is 33.2 Å². The normalized spacial score (nSPS) is 17.6. The van der Waals surface area contributed by atoms with Gasteiger partial charge in [-0.1, -0.05) is 48.2 Å². The molecule has 5 rings (SSSR count). The van der Waals surface area contributed by atoms with E-state index in [1.165, 1.54) is 17.8 Å². The lowest BCUT2D eigenvalue weighted by atomic mass is 10.1. The van der Waals surface area contributed by atoms with Crippen molar-refractivity contribution in [2.45, 2.75) is 11.9 Å². The second-order valence-corrected chi connectivity index (χ2v) is 7.83. The molecule has 0 saturated heterocycles. The van der Waals surface area contributed by atoms with Gasteiger partial charge in [-0.15, -0.1) is 5.10 Å². The predicted molar refractivity (Wildman–Crippen MR) is 117 cm³/mol. The lowest BCUT2D eigenvalue weighted by Gasteiger charge is -2.32. The Labute approximate surface area is 181 Å². The van der Waals surface area contributed by atoms with E-state index >= 15 is 0 Å². The minimum Gasteiger partial charge on any atom is -0.465 e. The van der Waals surface area contributed by atoms with Crippen LogP contribution in [0.25, 0.3) is 11.8 Å². The fourth-order valence-corrected chi connectivity index (χ4v) is 4.21. The van der Waals surface area contributed by atoms with Crippen LogP contribution in [0.2, 0.25) is 0 Å². The molecule has 0 unspecified atom stereocenters. The van der Waals surface area contributed by atoms with E-state index in [2.05, 4.69) is 10.4 Å². The fourth-order valence-electron chi connectivity index (χ4n) is 3.37. The third-order valence-electron chi connectivity index (χ3n) is 4.84. The molecule has 1 N–H and O–H groups in total. The molecular formula is C23H17FN4O2S. The highest BCUT2D eigenvalue weighted by Gasteiger charge is 2.32. The number of nitrogens with one attached hydrogen (secondary N) is 1. The average molecular weight is 432 g/mol. The van der Waals surface area contributed by atoms with Crippen LogP contribution in [0.15, 0.2) is 87.5 Å². The first-order valence-corrected chi connectivity index (χ1v) is 10.6. The number of carbonyl (C=O) groups excluding carboxylic acids is 1. The monoisotopic (exact) mass is 432 g/mol. The number of amidine groups is 1. The zero-order chi connectivity index (χ0) is 21.2. The number of thioether (sulfide) groups is 1. The molecule has 2 aromatic carbocycles. The minimum absolute atomic E-state index is 0.273. The first-order chi connectivity index (χ1) is 15.2. The number of hydrogen-bond acceptors (Lipinski definition) is 6. The van der Waals surface area contributed by atoms with Gasteiger partial charge in [0.2, 0.25) is 0 Å². The molecule has 3 heterocycles. The van der Waals surface area contributed by atoms with Crippen molar-refractivity contribution in [3.8, 4) is 0 Å². The largest absolute Gasteiger partial charge is 0.465 e. The van der Waals surface area contributed by atoms with Gasteiger partial charge in [0.05, 0.1) is 11.6 Å². The van der Waals surface area contributed by atoms with Gasteiger partial charge in [-0.05, 0) is 42.0 Å². The number of nitrogens with zero attached hydrogens (tertiary/aromatic N) is 3. The van der Waals surface area contributed by atoms with Crippen LogP contribution in [0, 0.1) is 5.82 Å². The predicted octanol–water partition coefficient (Wildman–Crippen LogP) is 2.84. The average Bonchev–Trinajstić information content (AvgIpc) is 3.30. The number of hydrazone groups is 1. The molecule has 0 spiro atoms. The number of furan rings is 1. The molecule has 0 fully saturated rings. The van der Waals surface area contributed by atoms with Gasteiger partial charge < -0.3 is 4.42 Å².